The average molecular weight is 410 g/mol. The molecule has 1 fully saturated rings. The van der Waals surface area contributed by atoms with Crippen molar-refractivity contribution in [1.82, 2.24) is 14.9 Å². The third-order valence-corrected chi connectivity index (χ3v) is 5.67. The number of piperazine rings is 1. The van der Waals surface area contributed by atoms with E-state index in [2.05, 4.69) is 19.8 Å². The van der Waals surface area contributed by atoms with Crippen LogP contribution in [0.4, 0.5) is 10.1 Å². The van der Waals surface area contributed by atoms with Crippen molar-refractivity contribution in [3.8, 4) is 0 Å². The number of amides is 1. The van der Waals surface area contributed by atoms with Crippen LogP contribution in [0.3, 0.4) is 0 Å². The van der Waals surface area contributed by atoms with Gasteiger partial charge >= 0.3 is 0 Å². The first kappa shape index (κ1) is 20.4. The third-order valence-electron chi connectivity index (χ3n) is 5.67. The van der Waals surface area contributed by atoms with Crippen LogP contribution in [-0.4, -0.2) is 55.2 Å². The summed E-state index contributed by atoms with van der Waals surface area (Å²) in [6.07, 6.45) is 2.91. The normalized spacial score (nSPS) is 14.9. The van der Waals surface area contributed by atoms with Gasteiger partial charge in [-0.25, -0.2) is 9.87 Å². The summed E-state index contributed by atoms with van der Waals surface area (Å²) in [4.78, 5) is 21.8. The summed E-state index contributed by atoms with van der Waals surface area (Å²) in [6, 6.07) is 14.7. The number of carbonyl (C=O) groups is 1. The maximum absolute atomic E-state index is 13.1. The fourth-order valence-corrected chi connectivity index (χ4v) is 4.11. The molecule has 0 atom stereocenters. The van der Waals surface area contributed by atoms with Crippen LogP contribution >= 0.6 is 0 Å². The zero-order valence-corrected chi connectivity index (χ0v) is 17.2. The molecule has 1 N–H and O–H groups in total. The summed E-state index contributed by atoms with van der Waals surface area (Å²) in [5.41, 5.74) is 5.17. The van der Waals surface area contributed by atoms with E-state index in [-0.39, 0.29) is 11.7 Å². The summed E-state index contributed by atoms with van der Waals surface area (Å²) >= 11 is 0. The SMILES string of the molecule is CONC(=O)c1cn(CCCN2CCN(c3ccc(F)cc3)CC2)c2ccccc12. The maximum atomic E-state index is 13.1. The first-order valence-electron chi connectivity index (χ1n) is 10.3. The monoisotopic (exact) mass is 410 g/mol. The van der Waals surface area contributed by atoms with E-state index >= 15 is 0 Å². The van der Waals surface area contributed by atoms with Crippen molar-refractivity contribution < 1.29 is 14.0 Å². The second-order valence-electron chi connectivity index (χ2n) is 7.55. The molecule has 158 valence electrons. The average Bonchev–Trinajstić information content (AvgIpc) is 3.14. The Labute approximate surface area is 175 Å². The first-order chi connectivity index (χ1) is 14.7. The summed E-state index contributed by atoms with van der Waals surface area (Å²) in [6.45, 7) is 5.72. The second-order valence-corrected chi connectivity index (χ2v) is 7.55. The summed E-state index contributed by atoms with van der Waals surface area (Å²) in [7, 11) is 1.44. The molecule has 0 radical (unpaired) electrons. The van der Waals surface area contributed by atoms with Crippen molar-refractivity contribution in [2.24, 2.45) is 0 Å². The number of hydrogen-bond acceptors (Lipinski definition) is 4. The van der Waals surface area contributed by atoms with Gasteiger partial charge < -0.3 is 9.47 Å². The van der Waals surface area contributed by atoms with E-state index in [0.29, 0.717) is 5.56 Å². The fraction of sp³-hybridized carbons (Fsp3) is 0.348. The van der Waals surface area contributed by atoms with E-state index < -0.39 is 0 Å². The zero-order chi connectivity index (χ0) is 20.9. The van der Waals surface area contributed by atoms with Gasteiger partial charge in [0.15, 0.2) is 0 Å². The number of carbonyl (C=O) groups excluding carboxylic acids is 1. The molecule has 1 amide bonds. The topological polar surface area (TPSA) is 49.7 Å². The molecule has 30 heavy (non-hydrogen) atoms. The molecule has 7 heteroatoms. The minimum Gasteiger partial charge on any atom is -0.369 e. The van der Waals surface area contributed by atoms with Crippen LogP contribution in [-0.2, 0) is 11.4 Å². The molecule has 0 saturated carbocycles. The smallest absolute Gasteiger partial charge is 0.277 e. The Hall–Kier alpha value is -2.90. The number of rotatable bonds is 7. The van der Waals surface area contributed by atoms with E-state index in [9.17, 15) is 9.18 Å². The number of aromatic nitrogens is 1. The van der Waals surface area contributed by atoms with Gasteiger partial charge in [0.25, 0.3) is 5.91 Å². The number of nitrogens with zero attached hydrogens (tertiary/aromatic N) is 3. The molecule has 0 unspecified atom stereocenters. The molecule has 0 bridgehead atoms. The van der Waals surface area contributed by atoms with Crippen LogP contribution in [0.1, 0.15) is 16.8 Å². The molecule has 4 rings (SSSR count). The van der Waals surface area contributed by atoms with Gasteiger partial charge in [-0.15, -0.1) is 0 Å². The van der Waals surface area contributed by atoms with Crippen LogP contribution in [0.5, 0.6) is 0 Å². The maximum Gasteiger partial charge on any atom is 0.277 e. The van der Waals surface area contributed by atoms with E-state index in [1.54, 1.807) is 0 Å². The molecule has 3 aromatic rings. The number of fused-ring (bicyclic) bond motifs is 1. The standard InChI is InChI=1S/C23H27FN4O2/c1-30-25-23(29)21-17-28(22-6-3-2-5-20(21)22)12-4-11-26-13-15-27(16-14-26)19-9-7-18(24)8-10-19/h2-3,5-10,17H,4,11-16H2,1H3,(H,25,29). The molecule has 0 aliphatic carbocycles. The minimum atomic E-state index is -0.232. The van der Waals surface area contributed by atoms with Crippen LogP contribution in [0, 0.1) is 5.82 Å². The second kappa shape index (κ2) is 9.28. The Bertz CT molecular complexity index is 994. The molecule has 6 nitrogen and oxygen atoms in total. The van der Waals surface area contributed by atoms with Gasteiger partial charge in [0.2, 0.25) is 0 Å². The molecular formula is C23H27FN4O2. The van der Waals surface area contributed by atoms with Crippen LogP contribution in [0.2, 0.25) is 0 Å². The molecule has 1 saturated heterocycles. The first-order valence-corrected chi connectivity index (χ1v) is 10.3. The summed E-state index contributed by atoms with van der Waals surface area (Å²) < 4.78 is 15.3. The lowest BCUT2D eigenvalue weighted by Crippen LogP contribution is -2.46. The third kappa shape index (κ3) is 4.47. The highest BCUT2D eigenvalue weighted by Crippen LogP contribution is 2.22. The number of hydroxylamine groups is 1. The van der Waals surface area contributed by atoms with Gasteiger partial charge in [-0.2, -0.15) is 0 Å². The highest BCUT2D eigenvalue weighted by molar-refractivity contribution is 6.06. The molecule has 2 aromatic carbocycles. The van der Waals surface area contributed by atoms with Gasteiger partial charge in [0.05, 0.1) is 12.7 Å². The van der Waals surface area contributed by atoms with Gasteiger partial charge in [-0.05, 0) is 43.3 Å². The fourth-order valence-electron chi connectivity index (χ4n) is 4.11. The number of halogens is 1. The molecule has 1 aromatic heterocycles. The quantitative estimate of drug-likeness (QED) is 0.608. The highest BCUT2D eigenvalue weighted by atomic mass is 19.1. The van der Waals surface area contributed by atoms with E-state index in [1.165, 1.54) is 19.2 Å². The predicted octanol–water partition coefficient (Wildman–Crippen LogP) is 3.28. The Balaban J connectivity index is 1.32. The van der Waals surface area contributed by atoms with Crippen molar-refractivity contribution in [2.45, 2.75) is 13.0 Å². The number of para-hydroxylation sites is 1. The van der Waals surface area contributed by atoms with Gasteiger partial charge in [-0.3, -0.25) is 14.5 Å². The lowest BCUT2D eigenvalue weighted by Gasteiger charge is -2.36. The zero-order valence-electron chi connectivity index (χ0n) is 17.2. The van der Waals surface area contributed by atoms with E-state index in [1.807, 2.05) is 42.6 Å². The number of hydrogen-bond donors (Lipinski definition) is 1. The van der Waals surface area contributed by atoms with E-state index in [0.717, 1.165) is 62.3 Å². The molecule has 1 aliphatic rings. The highest BCUT2D eigenvalue weighted by Gasteiger charge is 2.18. The lowest BCUT2D eigenvalue weighted by atomic mass is 10.2. The molecule has 0 spiro atoms. The molecule has 2 heterocycles. The van der Waals surface area contributed by atoms with Crippen LogP contribution in [0.15, 0.2) is 54.7 Å². The minimum absolute atomic E-state index is 0.196. The van der Waals surface area contributed by atoms with Crippen molar-refractivity contribution in [1.29, 1.82) is 0 Å². The summed E-state index contributed by atoms with van der Waals surface area (Å²) in [5, 5.41) is 0.931. The van der Waals surface area contributed by atoms with Gasteiger partial charge in [-0.1, -0.05) is 18.2 Å². The van der Waals surface area contributed by atoms with Gasteiger partial charge in [0, 0.05) is 55.5 Å². The van der Waals surface area contributed by atoms with Crippen molar-refractivity contribution in [2.75, 3.05) is 44.7 Å². The lowest BCUT2D eigenvalue weighted by molar-refractivity contribution is 0.0539. The van der Waals surface area contributed by atoms with Crippen LogP contribution in [0.25, 0.3) is 10.9 Å². The van der Waals surface area contributed by atoms with Gasteiger partial charge in [0.1, 0.15) is 5.82 Å². The van der Waals surface area contributed by atoms with Crippen molar-refractivity contribution in [3.05, 3.63) is 66.1 Å². The largest absolute Gasteiger partial charge is 0.369 e. The Morgan fingerprint density at radius 3 is 2.50 bits per heavy atom. The summed E-state index contributed by atoms with van der Waals surface area (Å²) in [5.74, 6) is -0.429. The van der Waals surface area contributed by atoms with Crippen LogP contribution < -0.4 is 10.4 Å². The van der Waals surface area contributed by atoms with Crippen molar-refractivity contribution >= 4 is 22.5 Å². The Kier molecular flexibility index (Phi) is 6.30. The predicted molar refractivity (Wildman–Crippen MR) is 116 cm³/mol. The Morgan fingerprint density at radius 1 is 1.03 bits per heavy atom. The number of anilines is 1. The Morgan fingerprint density at radius 2 is 1.77 bits per heavy atom. The number of nitrogens with one attached hydrogen (secondary N) is 1. The van der Waals surface area contributed by atoms with E-state index in [4.69, 9.17) is 4.84 Å². The molecule has 1 aliphatic heterocycles. The number of benzene rings is 2. The van der Waals surface area contributed by atoms with Crippen molar-refractivity contribution in [3.63, 3.8) is 0 Å². The number of aryl methyl sites for hydroxylation is 1. The molecular weight excluding hydrogens is 383 g/mol.